The largest absolute Gasteiger partial charge is 0.478 e. The summed E-state index contributed by atoms with van der Waals surface area (Å²) in [5.41, 5.74) is 0.733. The molecular formula is C14H9N3O4. The molecule has 0 saturated carbocycles. The normalized spacial score (nSPS) is 9.67. The summed E-state index contributed by atoms with van der Waals surface area (Å²) in [7, 11) is 0. The second kappa shape index (κ2) is 5.71. The Morgan fingerprint density at radius 3 is 2.57 bits per heavy atom. The third-order valence-electron chi connectivity index (χ3n) is 2.71. The van der Waals surface area contributed by atoms with Gasteiger partial charge in [-0.05, 0) is 30.3 Å². The third kappa shape index (κ3) is 3.13. The lowest BCUT2D eigenvalue weighted by Gasteiger charge is -2.07. The van der Waals surface area contributed by atoms with Crippen molar-refractivity contribution in [3.63, 3.8) is 0 Å². The predicted octanol–water partition coefficient (Wildman–Crippen LogP) is 2.91. The first kappa shape index (κ1) is 14.0. The van der Waals surface area contributed by atoms with E-state index < -0.39 is 10.9 Å². The number of rotatable bonds is 4. The highest BCUT2D eigenvalue weighted by Gasteiger charge is 2.13. The molecule has 0 fully saturated rings. The highest BCUT2D eigenvalue weighted by atomic mass is 16.6. The van der Waals surface area contributed by atoms with Crippen LogP contribution in [0, 0.1) is 21.4 Å². The topological polar surface area (TPSA) is 116 Å². The maximum absolute atomic E-state index is 10.9. The molecule has 0 atom stereocenters. The molecule has 0 spiro atoms. The fourth-order valence-electron chi connectivity index (χ4n) is 1.76. The number of aromatic carboxylic acids is 1. The van der Waals surface area contributed by atoms with Gasteiger partial charge in [-0.1, -0.05) is 6.07 Å². The summed E-state index contributed by atoms with van der Waals surface area (Å²) >= 11 is 0. The van der Waals surface area contributed by atoms with Gasteiger partial charge in [0, 0.05) is 17.4 Å². The van der Waals surface area contributed by atoms with Gasteiger partial charge in [0.05, 0.1) is 10.5 Å². The predicted molar refractivity (Wildman–Crippen MR) is 74.5 cm³/mol. The average Bonchev–Trinajstić information content (AvgIpc) is 2.47. The second-order valence-electron chi connectivity index (χ2n) is 4.11. The molecule has 0 heterocycles. The number of carboxylic acid groups (broad SMARTS) is 1. The number of benzene rings is 2. The van der Waals surface area contributed by atoms with E-state index in [2.05, 4.69) is 5.32 Å². The fourth-order valence-corrected chi connectivity index (χ4v) is 1.76. The lowest BCUT2D eigenvalue weighted by molar-refractivity contribution is -0.385. The van der Waals surface area contributed by atoms with E-state index in [1.165, 1.54) is 30.3 Å². The number of nitriles is 1. The Bertz CT molecular complexity index is 765. The molecule has 104 valence electrons. The van der Waals surface area contributed by atoms with Crippen LogP contribution in [0.3, 0.4) is 0 Å². The van der Waals surface area contributed by atoms with E-state index in [1.807, 2.05) is 0 Å². The molecule has 2 rings (SSSR count). The van der Waals surface area contributed by atoms with Crippen molar-refractivity contribution in [1.29, 1.82) is 5.26 Å². The van der Waals surface area contributed by atoms with Gasteiger partial charge in [-0.3, -0.25) is 10.1 Å². The summed E-state index contributed by atoms with van der Waals surface area (Å²) in [6.07, 6.45) is 0. The van der Waals surface area contributed by atoms with Crippen molar-refractivity contribution in [2.24, 2.45) is 0 Å². The number of anilines is 2. The minimum atomic E-state index is -1.06. The molecule has 7 heteroatoms. The van der Waals surface area contributed by atoms with Crippen LogP contribution in [-0.4, -0.2) is 16.0 Å². The maximum Gasteiger partial charge on any atom is 0.335 e. The van der Waals surface area contributed by atoms with Gasteiger partial charge in [-0.25, -0.2) is 4.79 Å². The molecule has 0 amide bonds. The minimum Gasteiger partial charge on any atom is -0.478 e. The molecule has 2 aromatic carbocycles. The van der Waals surface area contributed by atoms with Crippen molar-refractivity contribution in [1.82, 2.24) is 0 Å². The minimum absolute atomic E-state index is 0.0700. The first-order valence-electron chi connectivity index (χ1n) is 5.80. The van der Waals surface area contributed by atoms with E-state index in [0.717, 1.165) is 0 Å². The number of nitrogens with zero attached hydrogens (tertiary/aromatic N) is 2. The maximum atomic E-state index is 10.9. The Hall–Kier alpha value is -3.40. The molecule has 0 aliphatic heterocycles. The number of nitro groups is 1. The zero-order valence-corrected chi connectivity index (χ0v) is 10.6. The quantitative estimate of drug-likeness (QED) is 0.658. The summed E-state index contributed by atoms with van der Waals surface area (Å²) in [6.45, 7) is 0. The van der Waals surface area contributed by atoms with Crippen LogP contribution in [0.15, 0.2) is 42.5 Å². The van der Waals surface area contributed by atoms with Crippen molar-refractivity contribution in [2.45, 2.75) is 0 Å². The Morgan fingerprint density at radius 1 is 1.24 bits per heavy atom. The van der Waals surface area contributed by atoms with Gasteiger partial charge in [-0.15, -0.1) is 0 Å². The Morgan fingerprint density at radius 2 is 1.95 bits per heavy atom. The van der Waals surface area contributed by atoms with Crippen LogP contribution >= 0.6 is 0 Å². The van der Waals surface area contributed by atoms with E-state index in [4.69, 9.17) is 10.4 Å². The van der Waals surface area contributed by atoms with Crippen LogP contribution in [0.5, 0.6) is 0 Å². The average molecular weight is 283 g/mol. The zero-order chi connectivity index (χ0) is 15.4. The SMILES string of the molecule is N#Cc1cc(Nc2cccc(C(=O)O)c2)ccc1[N+](=O)[O-]. The van der Waals surface area contributed by atoms with Gasteiger partial charge < -0.3 is 10.4 Å². The van der Waals surface area contributed by atoms with Gasteiger partial charge in [0.15, 0.2) is 0 Å². The number of nitrogens with one attached hydrogen (secondary N) is 1. The highest BCUT2D eigenvalue weighted by molar-refractivity contribution is 5.89. The molecule has 0 bridgehead atoms. The number of hydrogen-bond acceptors (Lipinski definition) is 5. The number of nitro benzene ring substituents is 1. The van der Waals surface area contributed by atoms with E-state index in [1.54, 1.807) is 18.2 Å². The van der Waals surface area contributed by atoms with Gasteiger partial charge in [-0.2, -0.15) is 5.26 Å². The Balaban J connectivity index is 2.32. The lowest BCUT2D eigenvalue weighted by atomic mass is 10.1. The number of carbonyl (C=O) groups is 1. The molecule has 7 nitrogen and oxygen atoms in total. The summed E-state index contributed by atoms with van der Waals surface area (Å²) < 4.78 is 0. The summed E-state index contributed by atoms with van der Waals surface area (Å²) in [5, 5.41) is 31.5. The van der Waals surface area contributed by atoms with Crippen molar-refractivity contribution in [3.8, 4) is 6.07 Å². The Kier molecular flexibility index (Phi) is 3.81. The van der Waals surface area contributed by atoms with Crippen LogP contribution in [0.4, 0.5) is 17.1 Å². The van der Waals surface area contributed by atoms with Crippen molar-refractivity contribution < 1.29 is 14.8 Å². The number of hydrogen-bond donors (Lipinski definition) is 2. The summed E-state index contributed by atoms with van der Waals surface area (Å²) in [6, 6.07) is 11.9. The van der Waals surface area contributed by atoms with Crippen molar-refractivity contribution >= 4 is 23.0 Å². The van der Waals surface area contributed by atoms with Gasteiger partial charge in [0.1, 0.15) is 11.6 Å². The standard InChI is InChI=1S/C14H9N3O4/c15-8-10-7-12(4-5-13(10)17(20)21)16-11-3-1-2-9(6-11)14(18)19/h1-7,16H,(H,18,19). The van der Waals surface area contributed by atoms with E-state index in [9.17, 15) is 14.9 Å². The highest BCUT2D eigenvalue weighted by Crippen LogP contribution is 2.24. The number of carboxylic acids is 1. The van der Waals surface area contributed by atoms with Gasteiger partial charge in [0.25, 0.3) is 5.69 Å². The van der Waals surface area contributed by atoms with Crippen LogP contribution in [-0.2, 0) is 0 Å². The third-order valence-corrected chi connectivity index (χ3v) is 2.71. The van der Waals surface area contributed by atoms with Crippen LogP contribution < -0.4 is 5.32 Å². The molecule has 21 heavy (non-hydrogen) atoms. The van der Waals surface area contributed by atoms with Gasteiger partial charge in [0.2, 0.25) is 0 Å². The molecule has 2 aromatic rings. The monoisotopic (exact) mass is 283 g/mol. The second-order valence-corrected chi connectivity index (χ2v) is 4.11. The van der Waals surface area contributed by atoms with Gasteiger partial charge >= 0.3 is 5.97 Å². The van der Waals surface area contributed by atoms with Crippen LogP contribution in [0.1, 0.15) is 15.9 Å². The first-order chi connectivity index (χ1) is 10.0. The van der Waals surface area contributed by atoms with Crippen molar-refractivity contribution in [3.05, 3.63) is 63.7 Å². The van der Waals surface area contributed by atoms with Crippen molar-refractivity contribution in [2.75, 3.05) is 5.32 Å². The summed E-state index contributed by atoms with van der Waals surface area (Å²) in [5.74, 6) is -1.06. The lowest BCUT2D eigenvalue weighted by Crippen LogP contribution is -1.98. The molecule has 0 saturated heterocycles. The first-order valence-corrected chi connectivity index (χ1v) is 5.80. The van der Waals surface area contributed by atoms with E-state index in [-0.39, 0.29) is 16.8 Å². The van der Waals surface area contributed by atoms with E-state index >= 15 is 0 Å². The molecule has 0 unspecified atom stereocenters. The summed E-state index contributed by atoms with van der Waals surface area (Å²) in [4.78, 5) is 21.0. The molecule has 0 aliphatic rings. The molecule has 0 aliphatic carbocycles. The smallest absolute Gasteiger partial charge is 0.335 e. The molecule has 2 N–H and O–H groups in total. The van der Waals surface area contributed by atoms with Crippen LogP contribution in [0.2, 0.25) is 0 Å². The molecule has 0 aromatic heterocycles. The molecule has 0 radical (unpaired) electrons. The Labute approximate surface area is 119 Å². The van der Waals surface area contributed by atoms with E-state index in [0.29, 0.717) is 11.4 Å². The van der Waals surface area contributed by atoms with Crippen LogP contribution in [0.25, 0.3) is 0 Å². The zero-order valence-electron chi connectivity index (χ0n) is 10.6. The fraction of sp³-hybridized carbons (Fsp3) is 0. The molecular weight excluding hydrogens is 274 g/mol.